The van der Waals surface area contributed by atoms with Crippen molar-refractivity contribution in [1.29, 1.82) is 0 Å². The summed E-state index contributed by atoms with van der Waals surface area (Å²) >= 11 is 0. The highest BCUT2D eigenvalue weighted by Gasteiger charge is 2.24. The summed E-state index contributed by atoms with van der Waals surface area (Å²) in [6.45, 7) is 1.69. The van der Waals surface area contributed by atoms with Gasteiger partial charge in [-0.15, -0.1) is 0 Å². The van der Waals surface area contributed by atoms with E-state index >= 15 is 0 Å². The summed E-state index contributed by atoms with van der Waals surface area (Å²) in [6.07, 6.45) is 0. The van der Waals surface area contributed by atoms with Gasteiger partial charge < -0.3 is 5.32 Å². The summed E-state index contributed by atoms with van der Waals surface area (Å²) in [7, 11) is 0. The SMILES string of the molecule is C[C@@H](N[C@H](C(=O)Nc1ccc(F)cc1)c1ccccc1)c1ccc(F)cc1F. The zero-order valence-electron chi connectivity index (χ0n) is 15.1. The molecule has 0 aliphatic carbocycles. The third kappa shape index (κ3) is 4.78. The van der Waals surface area contributed by atoms with Gasteiger partial charge in [0.2, 0.25) is 5.91 Å². The molecule has 6 heteroatoms. The van der Waals surface area contributed by atoms with Crippen molar-refractivity contribution < 1.29 is 18.0 Å². The van der Waals surface area contributed by atoms with Gasteiger partial charge in [-0.3, -0.25) is 10.1 Å². The summed E-state index contributed by atoms with van der Waals surface area (Å²) in [5, 5.41) is 5.82. The largest absolute Gasteiger partial charge is 0.324 e. The van der Waals surface area contributed by atoms with Crippen molar-refractivity contribution in [3.05, 3.63) is 101 Å². The minimum Gasteiger partial charge on any atom is -0.324 e. The van der Waals surface area contributed by atoms with Crippen molar-refractivity contribution in [3.63, 3.8) is 0 Å². The molecular weight excluding hydrogens is 365 g/mol. The van der Waals surface area contributed by atoms with Crippen molar-refractivity contribution >= 4 is 11.6 Å². The molecule has 2 atom stereocenters. The molecule has 0 fully saturated rings. The second-order valence-electron chi connectivity index (χ2n) is 6.39. The lowest BCUT2D eigenvalue weighted by atomic mass is 10.0. The number of rotatable bonds is 6. The fourth-order valence-corrected chi connectivity index (χ4v) is 2.91. The maximum Gasteiger partial charge on any atom is 0.246 e. The van der Waals surface area contributed by atoms with E-state index in [-0.39, 0.29) is 11.5 Å². The molecule has 0 saturated heterocycles. The van der Waals surface area contributed by atoms with Crippen LogP contribution >= 0.6 is 0 Å². The van der Waals surface area contributed by atoms with Crippen LogP contribution in [0.3, 0.4) is 0 Å². The van der Waals surface area contributed by atoms with Crippen LogP contribution in [0.15, 0.2) is 72.8 Å². The summed E-state index contributed by atoms with van der Waals surface area (Å²) in [5.41, 5.74) is 1.36. The van der Waals surface area contributed by atoms with Gasteiger partial charge in [0.25, 0.3) is 0 Å². The minimum absolute atomic E-state index is 0.247. The van der Waals surface area contributed by atoms with Gasteiger partial charge in [0, 0.05) is 23.4 Å². The Bertz CT molecular complexity index is 946. The first-order chi connectivity index (χ1) is 13.4. The van der Waals surface area contributed by atoms with Gasteiger partial charge in [-0.25, -0.2) is 13.2 Å². The highest BCUT2D eigenvalue weighted by molar-refractivity contribution is 5.95. The molecule has 0 spiro atoms. The lowest BCUT2D eigenvalue weighted by Crippen LogP contribution is -2.35. The standard InChI is InChI=1S/C22H19F3N2O/c1-14(19-12-9-17(24)13-20(19)25)26-21(15-5-3-2-4-6-15)22(28)27-18-10-7-16(23)8-11-18/h2-14,21,26H,1H3,(H,27,28)/t14-,21+/m1/s1. The minimum atomic E-state index is -0.800. The van der Waals surface area contributed by atoms with E-state index in [1.807, 2.05) is 6.07 Å². The number of carbonyl (C=O) groups is 1. The van der Waals surface area contributed by atoms with Crippen molar-refractivity contribution in [2.24, 2.45) is 0 Å². The van der Waals surface area contributed by atoms with Gasteiger partial charge in [-0.1, -0.05) is 36.4 Å². The van der Waals surface area contributed by atoms with Gasteiger partial charge in [0.15, 0.2) is 0 Å². The molecule has 0 aromatic heterocycles. The summed E-state index contributed by atoms with van der Waals surface area (Å²) < 4.78 is 40.4. The molecule has 0 saturated carbocycles. The van der Waals surface area contributed by atoms with Crippen LogP contribution in [-0.4, -0.2) is 5.91 Å². The summed E-state index contributed by atoms with van der Waals surface area (Å²) in [6, 6.07) is 16.3. The van der Waals surface area contributed by atoms with Crippen LogP contribution in [0.2, 0.25) is 0 Å². The summed E-state index contributed by atoms with van der Waals surface area (Å²) in [5.74, 6) is -2.14. The molecule has 3 nitrogen and oxygen atoms in total. The van der Waals surface area contributed by atoms with E-state index < -0.39 is 29.5 Å². The second kappa shape index (κ2) is 8.71. The second-order valence-corrected chi connectivity index (χ2v) is 6.39. The number of benzene rings is 3. The highest BCUT2D eigenvalue weighted by atomic mass is 19.1. The lowest BCUT2D eigenvalue weighted by molar-refractivity contribution is -0.118. The van der Waals surface area contributed by atoms with E-state index in [4.69, 9.17) is 0 Å². The van der Waals surface area contributed by atoms with Crippen LogP contribution in [0.5, 0.6) is 0 Å². The molecule has 1 amide bonds. The van der Waals surface area contributed by atoms with Gasteiger partial charge in [-0.2, -0.15) is 0 Å². The van der Waals surface area contributed by atoms with E-state index in [1.165, 1.54) is 36.4 Å². The van der Waals surface area contributed by atoms with E-state index in [0.717, 1.165) is 6.07 Å². The zero-order chi connectivity index (χ0) is 20.1. The van der Waals surface area contributed by atoms with Crippen molar-refractivity contribution in [3.8, 4) is 0 Å². The van der Waals surface area contributed by atoms with Crippen LogP contribution in [0.4, 0.5) is 18.9 Å². The smallest absolute Gasteiger partial charge is 0.246 e. The maximum absolute atomic E-state index is 14.1. The third-order valence-corrected chi connectivity index (χ3v) is 4.35. The first-order valence-corrected chi connectivity index (χ1v) is 8.76. The van der Waals surface area contributed by atoms with Crippen LogP contribution in [-0.2, 0) is 4.79 Å². The van der Waals surface area contributed by atoms with Gasteiger partial charge in [-0.05, 0) is 42.8 Å². The highest BCUT2D eigenvalue weighted by Crippen LogP contribution is 2.24. The monoisotopic (exact) mass is 384 g/mol. The van der Waals surface area contributed by atoms with Gasteiger partial charge in [0.1, 0.15) is 23.5 Å². The molecular formula is C22H19F3N2O. The average molecular weight is 384 g/mol. The molecule has 144 valence electrons. The predicted molar refractivity (Wildman–Crippen MR) is 102 cm³/mol. The van der Waals surface area contributed by atoms with Crippen LogP contribution in [0, 0.1) is 17.5 Å². The van der Waals surface area contributed by atoms with Crippen LogP contribution in [0.1, 0.15) is 30.1 Å². The van der Waals surface area contributed by atoms with Crippen molar-refractivity contribution in [2.45, 2.75) is 19.0 Å². The third-order valence-electron chi connectivity index (χ3n) is 4.35. The van der Waals surface area contributed by atoms with Gasteiger partial charge >= 0.3 is 0 Å². The number of hydrogen-bond acceptors (Lipinski definition) is 2. The first-order valence-electron chi connectivity index (χ1n) is 8.76. The number of amides is 1. The quantitative estimate of drug-likeness (QED) is 0.618. The molecule has 3 aromatic rings. The number of anilines is 1. The Kier molecular flexibility index (Phi) is 6.11. The maximum atomic E-state index is 14.1. The van der Waals surface area contributed by atoms with E-state index in [1.54, 1.807) is 31.2 Å². The predicted octanol–water partition coefficient (Wildman–Crippen LogP) is 5.13. The Morgan fingerprint density at radius 2 is 1.50 bits per heavy atom. The van der Waals surface area contributed by atoms with Crippen LogP contribution in [0.25, 0.3) is 0 Å². The number of carbonyl (C=O) groups excluding carboxylic acids is 1. The van der Waals surface area contributed by atoms with E-state index in [2.05, 4.69) is 10.6 Å². The molecule has 2 N–H and O–H groups in total. The Hall–Kier alpha value is -3.12. The molecule has 0 heterocycles. The molecule has 3 aromatic carbocycles. The zero-order valence-corrected chi connectivity index (χ0v) is 15.1. The van der Waals surface area contributed by atoms with Crippen LogP contribution < -0.4 is 10.6 Å². The summed E-state index contributed by atoms with van der Waals surface area (Å²) in [4.78, 5) is 12.9. The number of nitrogens with one attached hydrogen (secondary N) is 2. The van der Waals surface area contributed by atoms with Crippen molar-refractivity contribution in [1.82, 2.24) is 5.32 Å². The lowest BCUT2D eigenvalue weighted by Gasteiger charge is -2.24. The molecule has 0 bridgehead atoms. The average Bonchev–Trinajstić information content (AvgIpc) is 2.68. The fourth-order valence-electron chi connectivity index (χ4n) is 2.91. The van der Waals surface area contributed by atoms with E-state index in [9.17, 15) is 18.0 Å². The Morgan fingerprint density at radius 1 is 0.857 bits per heavy atom. The molecule has 3 rings (SSSR count). The fraction of sp³-hybridized carbons (Fsp3) is 0.136. The molecule has 0 aliphatic heterocycles. The normalized spacial score (nSPS) is 13.0. The Balaban J connectivity index is 1.84. The Morgan fingerprint density at radius 3 is 2.14 bits per heavy atom. The van der Waals surface area contributed by atoms with Gasteiger partial charge in [0.05, 0.1) is 0 Å². The van der Waals surface area contributed by atoms with E-state index in [0.29, 0.717) is 11.3 Å². The molecule has 0 unspecified atom stereocenters. The van der Waals surface area contributed by atoms with Crippen molar-refractivity contribution in [2.75, 3.05) is 5.32 Å². The first kappa shape index (κ1) is 19.6. The number of halogens is 3. The number of hydrogen-bond donors (Lipinski definition) is 2. The molecule has 0 radical (unpaired) electrons. The topological polar surface area (TPSA) is 41.1 Å². The molecule has 28 heavy (non-hydrogen) atoms. The molecule has 0 aliphatic rings. The Labute approximate surface area is 161 Å².